The summed E-state index contributed by atoms with van der Waals surface area (Å²) in [6.07, 6.45) is 1.58. The van der Waals surface area contributed by atoms with Gasteiger partial charge in [-0.1, -0.05) is 11.6 Å². The summed E-state index contributed by atoms with van der Waals surface area (Å²) < 4.78 is 13.4. The van der Waals surface area contributed by atoms with Crippen molar-refractivity contribution in [2.45, 2.75) is 27.4 Å². The molecule has 8 heteroatoms. The van der Waals surface area contributed by atoms with Crippen LogP contribution in [0.5, 0.6) is 5.75 Å². The van der Waals surface area contributed by atoms with Crippen LogP contribution in [0.25, 0.3) is 0 Å². The van der Waals surface area contributed by atoms with E-state index in [4.69, 9.17) is 33.0 Å². The molecule has 0 spiro atoms. The van der Waals surface area contributed by atoms with Gasteiger partial charge in [0.2, 0.25) is 4.77 Å². The van der Waals surface area contributed by atoms with Crippen LogP contribution in [0, 0.1) is 25.5 Å². The van der Waals surface area contributed by atoms with Crippen molar-refractivity contribution in [1.29, 1.82) is 0 Å². The maximum Gasteiger partial charge on any atom is 0.216 e. The summed E-state index contributed by atoms with van der Waals surface area (Å²) in [7, 11) is 0. The van der Waals surface area contributed by atoms with Crippen molar-refractivity contribution in [3.05, 3.63) is 62.5 Å². The van der Waals surface area contributed by atoms with Gasteiger partial charge < -0.3 is 9.15 Å². The van der Waals surface area contributed by atoms with Gasteiger partial charge in [-0.2, -0.15) is 14.9 Å². The van der Waals surface area contributed by atoms with Crippen LogP contribution in [0.3, 0.4) is 0 Å². The second kappa shape index (κ2) is 7.25. The Bertz CT molecular complexity index is 964. The van der Waals surface area contributed by atoms with Gasteiger partial charge >= 0.3 is 0 Å². The number of aromatic nitrogens is 3. The smallest absolute Gasteiger partial charge is 0.216 e. The highest BCUT2D eigenvalue weighted by atomic mass is 35.5. The first-order chi connectivity index (χ1) is 11.9. The molecule has 3 aromatic rings. The van der Waals surface area contributed by atoms with E-state index in [1.165, 1.54) is 4.68 Å². The molecule has 0 aliphatic rings. The number of aromatic amines is 1. The lowest BCUT2D eigenvalue weighted by molar-refractivity contribution is 0.269. The minimum Gasteiger partial charge on any atom is -0.486 e. The molecule has 0 amide bonds. The quantitative estimate of drug-likeness (QED) is 0.523. The zero-order valence-electron chi connectivity index (χ0n) is 14.0. The SMILES string of the molecule is Cc1cc(OCc2ccc(C=Nn3c(C)n[nH]c3=S)o2)cc(C)c1Cl. The molecule has 0 aliphatic carbocycles. The predicted octanol–water partition coefficient (Wildman–Crippen LogP) is 4.57. The van der Waals surface area contributed by atoms with Crippen molar-refractivity contribution >= 4 is 30.0 Å². The Balaban J connectivity index is 1.67. The van der Waals surface area contributed by atoms with Crippen LogP contribution in [0.2, 0.25) is 5.02 Å². The Hall–Kier alpha value is -2.38. The number of halogens is 1. The Kier molecular flexibility index (Phi) is 5.06. The summed E-state index contributed by atoms with van der Waals surface area (Å²) in [6.45, 7) is 6.03. The van der Waals surface area contributed by atoms with E-state index in [9.17, 15) is 0 Å². The van der Waals surface area contributed by atoms with E-state index in [2.05, 4.69) is 15.3 Å². The second-order valence-corrected chi connectivity index (χ2v) is 6.36. The molecule has 0 saturated heterocycles. The largest absolute Gasteiger partial charge is 0.486 e. The average molecular weight is 377 g/mol. The molecule has 0 atom stereocenters. The second-order valence-electron chi connectivity index (χ2n) is 5.60. The fourth-order valence-corrected chi connectivity index (χ4v) is 2.64. The number of benzene rings is 1. The van der Waals surface area contributed by atoms with Gasteiger partial charge in [-0.25, -0.2) is 0 Å². The lowest BCUT2D eigenvalue weighted by Crippen LogP contribution is -1.95. The number of ether oxygens (including phenoxy) is 1. The first-order valence-corrected chi connectivity index (χ1v) is 8.39. The van der Waals surface area contributed by atoms with Crippen LogP contribution in [-0.2, 0) is 6.61 Å². The lowest BCUT2D eigenvalue weighted by Gasteiger charge is -2.08. The van der Waals surface area contributed by atoms with Crippen LogP contribution in [0.4, 0.5) is 0 Å². The van der Waals surface area contributed by atoms with E-state index < -0.39 is 0 Å². The summed E-state index contributed by atoms with van der Waals surface area (Å²) in [5, 5.41) is 11.7. The van der Waals surface area contributed by atoms with E-state index in [0.717, 1.165) is 21.9 Å². The topological polar surface area (TPSA) is 68.3 Å². The van der Waals surface area contributed by atoms with Gasteiger partial charge in [-0.15, -0.1) is 0 Å². The third-order valence-electron chi connectivity index (χ3n) is 3.59. The molecule has 25 heavy (non-hydrogen) atoms. The molecular weight excluding hydrogens is 360 g/mol. The summed E-state index contributed by atoms with van der Waals surface area (Å²) >= 11 is 11.3. The molecule has 0 bridgehead atoms. The summed E-state index contributed by atoms with van der Waals surface area (Å²) in [6, 6.07) is 7.48. The van der Waals surface area contributed by atoms with Gasteiger partial charge in [-0.3, -0.25) is 5.10 Å². The van der Waals surface area contributed by atoms with Crippen molar-refractivity contribution in [3.8, 4) is 5.75 Å². The van der Waals surface area contributed by atoms with Crippen LogP contribution in [-0.4, -0.2) is 21.1 Å². The molecule has 6 nitrogen and oxygen atoms in total. The van der Waals surface area contributed by atoms with E-state index >= 15 is 0 Å². The molecule has 0 saturated carbocycles. The predicted molar refractivity (Wildman–Crippen MR) is 99.1 cm³/mol. The number of nitrogens with zero attached hydrogens (tertiary/aromatic N) is 3. The maximum atomic E-state index is 6.16. The molecule has 0 radical (unpaired) electrons. The zero-order valence-corrected chi connectivity index (χ0v) is 15.6. The fourth-order valence-electron chi connectivity index (χ4n) is 2.31. The summed E-state index contributed by atoms with van der Waals surface area (Å²) in [4.78, 5) is 0. The first kappa shape index (κ1) is 17.4. The molecule has 0 aliphatic heterocycles. The summed E-state index contributed by atoms with van der Waals surface area (Å²) in [5.41, 5.74) is 1.97. The van der Waals surface area contributed by atoms with Crippen LogP contribution in [0.1, 0.15) is 28.5 Å². The molecule has 3 rings (SSSR count). The number of rotatable bonds is 5. The molecule has 0 fully saturated rings. The van der Waals surface area contributed by atoms with Crippen molar-refractivity contribution < 1.29 is 9.15 Å². The Morgan fingerprint density at radius 2 is 2.04 bits per heavy atom. The van der Waals surface area contributed by atoms with E-state index in [-0.39, 0.29) is 0 Å². The molecular formula is C17H17ClN4O2S. The Labute approximate surface area is 155 Å². The van der Waals surface area contributed by atoms with Gasteiger partial charge in [0.25, 0.3) is 0 Å². The van der Waals surface area contributed by atoms with Gasteiger partial charge in [0, 0.05) is 5.02 Å². The van der Waals surface area contributed by atoms with Crippen molar-refractivity contribution in [2.75, 3.05) is 0 Å². The van der Waals surface area contributed by atoms with Crippen molar-refractivity contribution in [1.82, 2.24) is 14.9 Å². The normalized spacial score (nSPS) is 11.4. The number of aryl methyl sites for hydroxylation is 3. The molecule has 2 heterocycles. The van der Waals surface area contributed by atoms with E-state index in [1.54, 1.807) is 13.1 Å². The number of nitrogens with one attached hydrogen (secondary N) is 1. The lowest BCUT2D eigenvalue weighted by atomic mass is 10.1. The van der Waals surface area contributed by atoms with E-state index in [1.807, 2.05) is 38.1 Å². The van der Waals surface area contributed by atoms with Crippen LogP contribution in [0.15, 0.2) is 33.8 Å². The molecule has 130 valence electrons. The van der Waals surface area contributed by atoms with Crippen LogP contribution >= 0.6 is 23.8 Å². The van der Waals surface area contributed by atoms with Gasteiger partial charge in [-0.05, 0) is 68.4 Å². The highest BCUT2D eigenvalue weighted by molar-refractivity contribution is 7.71. The fraction of sp³-hybridized carbons (Fsp3) is 0.235. The Morgan fingerprint density at radius 1 is 1.32 bits per heavy atom. The van der Waals surface area contributed by atoms with E-state index in [0.29, 0.717) is 28.7 Å². The molecule has 1 aromatic carbocycles. The highest BCUT2D eigenvalue weighted by Crippen LogP contribution is 2.26. The molecule has 0 unspecified atom stereocenters. The van der Waals surface area contributed by atoms with Gasteiger partial charge in [0.15, 0.2) is 0 Å². The zero-order chi connectivity index (χ0) is 18.0. The Morgan fingerprint density at radius 3 is 2.68 bits per heavy atom. The summed E-state index contributed by atoms with van der Waals surface area (Å²) in [5.74, 6) is 2.72. The standard InChI is InChI=1S/C17H17ClN4O2S/c1-10-6-15(7-11(2)16(10)18)23-9-14-5-4-13(24-14)8-19-22-12(3)20-21-17(22)25/h4-8H,9H2,1-3H3,(H,21,25). The van der Waals surface area contributed by atoms with Gasteiger partial charge in [0.1, 0.15) is 29.7 Å². The van der Waals surface area contributed by atoms with Gasteiger partial charge in [0.05, 0.1) is 6.21 Å². The number of hydrogen-bond donors (Lipinski definition) is 1. The third-order valence-corrected chi connectivity index (χ3v) is 4.45. The maximum absolute atomic E-state index is 6.16. The molecule has 1 N–H and O–H groups in total. The highest BCUT2D eigenvalue weighted by Gasteiger charge is 2.06. The molecule has 2 aromatic heterocycles. The average Bonchev–Trinajstić information content (AvgIpc) is 3.15. The number of hydrogen-bond acceptors (Lipinski definition) is 5. The third kappa shape index (κ3) is 4.00. The minimum atomic E-state index is 0.318. The monoisotopic (exact) mass is 376 g/mol. The van der Waals surface area contributed by atoms with Crippen LogP contribution < -0.4 is 4.74 Å². The minimum absolute atomic E-state index is 0.318. The van der Waals surface area contributed by atoms with Crippen molar-refractivity contribution in [3.63, 3.8) is 0 Å². The number of furan rings is 1. The number of H-pyrrole nitrogens is 1. The first-order valence-electron chi connectivity index (χ1n) is 7.60. The van der Waals surface area contributed by atoms with Crippen molar-refractivity contribution in [2.24, 2.45) is 5.10 Å².